The molecule has 0 aromatic rings. The van der Waals surface area contributed by atoms with Crippen molar-refractivity contribution in [2.24, 2.45) is 11.8 Å². The average molecular weight is 383 g/mol. The Kier molecular flexibility index (Phi) is 7.65. The highest BCUT2D eigenvalue weighted by atomic mass is 16.5. The van der Waals surface area contributed by atoms with Gasteiger partial charge in [0.15, 0.2) is 0 Å². The Morgan fingerprint density at radius 2 is 1.85 bits per heavy atom. The highest BCUT2D eigenvalue weighted by Crippen LogP contribution is 2.40. The van der Waals surface area contributed by atoms with Crippen molar-refractivity contribution >= 4 is 17.8 Å². The van der Waals surface area contributed by atoms with Crippen LogP contribution >= 0.6 is 0 Å². The van der Waals surface area contributed by atoms with Crippen LogP contribution < -0.4 is 5.32 Å². The molecule has 0 aromatic heterocycles. The van der Waals surface area contributed by atoms with E-state index in [4.69, 9.17) is 4.74 Å². The molecule has 0 radical (unpaired) electrons. The fraction of sp³-hybridized carbons (Fsp3) is 0.850. The van der Waals surface area contributed by atoms with Crippen molar-refractivity contribution < 1.29 is 24.2 Å². The number of carboxylic acids is 1. The van der Waals surface area contributed by atoms with Crippen LogP contribution in [0.15, 0.2) is 0 Å². The first-order valence-corrected chi connectivity index (χ1v) is 10.2. The second-order valence-electron chi connectivity index (χ2n) is 8.27. The summed E-state index contributed by atoms with van der Waals surface area (Å²) in [6.45, 7) is 7.77. The first-order valence-electron chi connectivity index (χ1n) is 10.2. The molecule has 27 heavy (non-hydrogen) atoms. The lowest BCUT2D eigenvalue weighted by Gasteiger charge is -2.35. The van der Waals surface area contributed by atoms with Gasteiger partial charge in [0.2, 0.25) is 5.91 Å². The minimum Gasteiger partial charge on any atom is -0.480 e. The van der Waals surface area contributed by atoms with Gasteiger partial charge in [0.25, 0.3) is 0 Å². The highest BCUT2D eigenvalue weighted by Gasteiger charge is 2.48. The van der Waals surface area contributed by atoms with Crippen molar-refractivity contribution in [2.75, 3.05) is 6.61 Å². The summed E-state index contributed by atoms with van der Waals surface area (Å²) in [6, 6.07) is -1.97. The number of amides is 1. The lowest BCUT2D eigenvalue weighted by atomic mass is 9.84. The van der Waals surface area contributed by atoms with Gasteiger partial charge in [0.05, 0.1) is 12.6 Å². The van der Waals surface area contributed by atoms with Crippen molar-refractivity contribution in [1.29, 1.82) is 0 Å². The minimum atomic E-state index is -0.936. The maximum atomic E-state index is 13.2. The second-order valence-corrected chi connectivity index (χ2v) is 8.27. The number of carboxylic acid groups (broad SMARTS) is 1. The van der Waals surface area contributed by atoms with Crippen LogP contribution in [0, 0.1) is 11.8 Å². The Bertz CT molecular complexity index is 550. The fourth-order valence-electron chi connectivity index (χ4n) is 4.54. The van der Waals surface area contributed by atoms with Crippen LogP contribution in [0.4, 0.5) is 0 Å². The summed E-state index contributed by atoms with van der Waals surface area (Å²) in [4.78, 5) is 38.8. The van der Waals surface area contributed by atoms with Crippen LogP contribution in [0.2, 0.25) is 0 Å². The summed E-state index contributed by atoms with van der Waals surface area (Å²) < 4.78 is 5.14. The molecule has 2 unspecified atom stereocenters. The molecule has 1 saturated heterocycles. The number of esters is 1. The molecule has 1 saturated carbocycles. The van der Waals surface area contributed by atoms with Gasteiger partial charge in [0.1, 0.15) is 12.1 Å². The third kappa shape index (κ3) is 5.21. The van der Waals surface area contributed by atoms with Gasteiger partial charge in [-0.2, -0.15) is 0 Å². The lowest BCUT2D eigenvalue weighted by Crippen LogP contribution is -2.55. The monoisotopic (exact) mass is 382 g/mol. The largest absolute Gasteiger partial charge is 0.480 e. The molecule has 1 aliphatic heterocycles. The van der Waals surface area contributed by atoms with Gasteiger partial charge in [-0.05, 0) is 51.4 Å². The van der Waals surface area contributed by atoms with Gasteiger partial charge >= 0.3 is 11.9 Å². The predicted molar refractivity (Wildman–Crippen MR) is 101 cm³/mol. The molecule has 1 aliphatic carbocycles. The van der Waals surface area contributed by atoms with E-state index < -0.39 is 24.1 Å². The summed E-state index contributed by atoms with van der Waals surface area (Å²) in [5.41, 5.74) is 0. The summed E-state index contributed by atoms with van der Waals surface area (Å²) >= 11 is 0. The first-order chi connectivity index (χ1) is 12.8. The predicted octanol–water partition coefficient (Wildman–Crippen LogP) is 2.19. The topological polar surface area (TPSA) is 95.9 Å². The Balaban J connectivity index is 2.12. The van der Waals surface area contributed by atoms with E-state index >= 15 is 0 Å². The molecule has 0 spiro atoms. The van der Waals surface area contributed by atoms with E-state index in [1.165, 1.54) is 0 Å². The maximum Gasteiger partial charge on any atom is 0.326 e. The fourth-order valence-corrected chi connectivity index (χ4v) is 4.54. The van der Waals surface area contributed by atoms with Crippen LogP contribution in [0.25, 0.3) is 0 Å². The van der Waals surface area contributed by atoms with Gasteiger partial charge in [0, 0.05) is 6.04 Å². The molecule has 1 amide bonds. The molecule has 5 atom stereocenters. The molecule has 0 aromatic carbocycles. The highest BCUT2D eigenvalue weighted by molar-refractivity contribution is 5.88. The zero-order chi connectivity index (χ0) is 20.1. The summed E-state index contributed by atoms with van der Waals surface area (Å²) in [5, 5.41) is 12.7. The molecular formula is C20H34N2O5. The third-order valence-electron chi connectivity index (χ3n) is 5.73. The van der Waals surface area contributed by atoms with Crippen molar-refractivity contribution in [3.05, 3.63) is 0 Å². The Labute approximate surface area is 161 Å². The number of hydrogen-bond donors (Lipinski definition) is 2. The van der Waals surface area contributed by atoms with E-state index in [1.807, 2.05) is 13.8 Å². The van der Waals surface area contributed by atoms with Crippen molar-refractivity contribution in [3.63, 3.8) is 0 Å². The van der Waals surface area contributed by atoms with Crippen molar-refractivity contribution in [2.45, 2.75) is 90.4 Å². The molecule has 2 rings (SSSR count). The summed E-state index contributed by atoms with van der Waals surface area (Å²) in [7, 11) is 0. The number of fused-ring (bicyclic) bond motifs is 1. The van der Waals surface area contributed by atoms with E-state index in [0.717, 1.165) is 25.7 Å². The molecule has 7 nitrogen and oxygen atoms in total. The summed E-state index contributed by atoms with van der Waals surface area (Å²) in [5.74, 6) is -0.996. The molecule has 1 heterocycles. The van der Waals surface area contributed by atoms with Crippen LogP contribution in [-0.4, -0.2) is 58.6 Å². The number of nitrogens with one attached hydrogen (secondary N) is 1. The van der Waals surface area contributed by atoms with Crippen LogP contribution in [0.5, 0.6) is 0 Å². The number of carbonyl (C=O) groups is 3. The van der Waals surface area contributed by atoms with Gasteiger partial charge in [-0.25, -0.2) is 4.79 Å². The van der Waals surface area contributed by atoms with E-state index in [1.54, 1.807) is 18.7 Å². The molecule has 7 heteroatoms. The quantitative estimate of drug-likeness (QED) is 0.625. The number of rotatable bonds is 8. The van der Waals surface area contributed by atoms with E-state index in [0.29, 0.717) is 12.8 Å². The molecule has 2 aliphatic rings. The SMILES string of the molecule is CCOC(=O)[C@H](CC(C)C)N[C@@H](C)C(=O)N1C2CCCCC2C[C@H]1C(=O)O. The number of nitrogens with zero attached hydrogens (tertiary/aromatic N) is 1. The first kappa shape index (κ1) is 21.7. The zero-order valence-electron chi connectivity index (χ0n) is 16.9. The molecule has 2 N–H and O–H groups in total. The molecular weight excluding hydrogens is 348 g/mol. The number of aliphatic carboxylic acids is 1. The van der Waals surface area contributed by atoms with Crippen LogP contribution in [0.1, 0.15) is 66.2 Å². The van der Waals surface area contributed by atoms with Crippen molar-refractivity contribution in [1.82, 2.24) is 10.2 Å². The standard InChI is InChI=1S/C20H34N2O5/c1-5-27-20(26)15(10-12(2)3)21-13(4)18(23)22-16-9-7-6-8-14(16)11-17(22)19(24)25/h12-17,21H,5-11H2,1-4H3,(H,24,25)/t13-,14?,15-,16?,17-/m0/s1. The van der Waals surface area contributed by atoms with Crippen LogP contribution in [-0.2, 0) is 19.1 Å². The van der Waals surface area contributed by atoms with Gasteiger partial charge in [-0.3, -0.25) is 14.9 Å². The van der Waals surface area contributed by atoms with Gasteiger partial charge in [-0.1, -0.05) is 26.7 Å². The Hall–Kier alpha value is -1.63. The normalized spacial score (nSPS) is 27.1. The third-order valence-corrected chi connectivity index (χ3v) is 5.73. The number of likely N-dealkylation sites (tertiary alicyclic amines) is 1. The van der Waals surface area contributed by atoms with E-state index in [-0.39, 0.29) is 36.4 Å². The molecule has 154 valence electrons. The Morgan fingerprint density at radius 3 is 2.44 bits per heavy atom. The minimum absolute atomic E-state index is 0.00254. The van der Waals surface area contributed by atoms with E-state index in [9.17, 15) is 19.5 Å². The molecule has 0 bridgehead atoms. The maximum absolute atomic E-state index is 13.2. The zero-order valence-corrected chi connectivity index (χ0v) is 16.9. The number of hydrogen-bond acceptors (Lipinski definition) is 5. The second kappa shape index (κ2) is 9.53. The van der Waals surface area contributed by atoms with Gasteiger partial charge in [-0.15, -0.1) is 0 Å². The smallest absolute Gasteiger partial charge is 0.326 e. The van der Waals surface area contributed by atoms with Crippen molar-refractivity contribution in [3.8, 4) is 0 Å². The average Bonchev–Trinajstić information content (AvgIpc) is 3.00. The Morgan fingerprint density at radius 1 is 1.19 bits per heavy atom. The number of ether oxygens (including phenoxy) is 1. The number of carbonyl (C=O) groups excluding carboxylic acids is 2. The van der Waals surface area contributed by atoms with E-state index in [2.05, 4.69) is 5.32 Å². The van der Waals surface area contributed by atoms with Gasteiger partial charge < -0.3 is 14.7 Å². The van der Waals surface area contributed by atoms with Crippen LogP contribution in [0.3, 0.4) is 0 Å². The lowest BCUT2D eigenvalue weighted by molar-refractivity contribution is -0.152. The molecule has 2 fully saturated rings. The summed E-state index contributed by atoms with van der Waals surface area (Å²) in [6.07, 6.45) is 5.07.